The molecule has 0 saturated heterocycles. The number of rotatable bonds is 15. The van der Waals surface area contributed by atoms with Gasteiger partial charge in [-0.15, -0.1) is 0 Å². The normalized spacial score (nSPS) is 14.6. The van der Waals surface area contributed by atoms with Crippen molar-refractivity contribution in [1.82, 2.24) is 16.0 Å². The van der Waals surface area contributed by atoms with Crippen molar-refractivity contribution in [2.24, 2.45) is 11.7 Å². The van der Waals surface area contributed by atoms with E-state index in [1.807, 2.05) is 37.3 Å². The topological polar surface area (TPSA) is 188 Å². The van der Waals surface area contributed by atoms with E-state index in [0.29, 0.717) is 12.0 Å². The molecule has 0 aliphatic rings. The second-order valence-electron chi connectivity index (χ2n) is 9.42. The van der Waals surface area contributed by atoms with Gasteiger partial charge in [0.2, 0.25) is 17.7 Å². The van der Waals surface area contributed by atoms with Gasteiger partial charge in [0, 0.05) is 6.42 Å². The summed E-state index contributed by atoms with van der Waals surface area (Å²) in [6, 6.07) is 13.1. The van der Waals surface area contributed by atoms with Gasteiger partial charge in [0.25, 0.3) is 0 Å². The minimum atomic E-state index is -1.69. The first-order valence-electron chi connectivity index (χ1n) is 12.7. The van der Waals surface area contributed by atoms with Gasteiger partial charge in [-0.05, 0) is 23.5 Å². The molecule has 0 saturated carbocycles. The molecule has 5 unspecified atom stereocenters. The molecule has 0 radical (unpaired) electrons. The van der Waals surface area contributed by atoms with Crippen molar-refractivity contribution in [2.45, 2.75) is 63.7 Å². The van der Waals surface area contributed by atoms with Crippen LogP contribution in [0.3, 0.4) is 0 Å². The Morgan fingerprint density at radius 3 is 1.74 bits per heavy atom. The van der Waals surface area contributed by atoms with Crippen LogP contribution >= 0.6 is 0 Å². The summed E-state index contributed by atoms with van der Waals surface area (Å²) in [5, 5.41) is 25.9. The minimum Gasteiger partial charge on any atom is -0.481 e. The van der Waals surface area contributed by atoms with E-state index in [2.05, 4.69) is 16.0 Å². The number of benzene rings is 2. The van der Waals surface area contributed by atoms with Gasteiger partial charge in [-0.1, -0.05) is 80.9 Å². The van der Waals surface area contributed by atoms with Crippen LogP contribution in [0.25, 0.3) is 0 Å². The number of carbonyl (C=O) groups excluding carboxylic acids is 3. The Hall–Kier alpha value is -4.25. The van der Waals surface area contributed by atoms with Crippen molar-refractivity contribution in [3.05, 3.63) is 71.8 Å². The summed E-state index contributed by atoms with van der Waals surface area (Å²) in [4.78, 5) is 62.0. The van der Waals surface area contributed by atoms with Crippen LogP contribution in [0.2, 0.25) is 0 Å². The molecule has 0 spiro atoms. The van der Waals surface area contributed by atoms with Gasteiger partial charge in [-0.2, -0.15) is 0 Å². The lowest BCUT2D eigenvalue weighted by Crippen LogP contribution is -2.59. The molecule has 0 aliphatic heterocycles. The third-order valence-corrected chi connectivity index (χ3v) is 6.34. The van der Waals surface area contributed by atoms with E-state index in [-0.39, 0.29) is 18.8 Å². The number of hydrogen-bond donors (Lipinski definition) is 6. The Morgan fingerprint density at radius 2 is 1.26 bits per heavy atom. The molecule has 0 aliphatic carbocycles. The van der Waals surface area contributed by atoms with Gasteiger partial charge in [-0.25, -0.2) is 4.79 Å². The Labute approximate surface area is 227 Å². The Kier molecular flexibility index (Phi) is 12.1. The predicted octanol–water partition coefficient (Wildman–Crippen LogP) is 0.859. The molecule has 210 valence electrons. The number of carboxylic acids is 2. The molecule has 0 aromatic heterocycles. The first-order valence-corrected chi connectivity index (χ1v) is 12.7. The van der Waals surface area contributed by atoms with Crippen molar-refractivity contribution in [3.8, 4) is 0 Å². The third-order valence-electron chi connectivity index (χ3n) is 6.34. The number of carbonyl (C=O) groups is 5. The van der Waals surface area contributed by atoms with Crippen molar-refractivity contribution in [3.63, 3.8) is 0 Å². The average molecular weight is 541 g/mol. The van der Waals surface area contributed by atoms with Crippen LogP contribution in [0.4, 0.5) is 0 Å². The van der Waals surface area contributed by atoms with E-state index in [9.17, 15) is 29.1 Å². The van der Waals surface area contributed by atoms with Gasteiger partial charge < -0.3 is 31.9 Å². The summed E-state index contributed by atoms with van der Waals surface area (Å²) in [7, 11) is 0. The molecule has 0 fully saturated rings. The Morgan fingerprint density at radius 1 is 0.744 bits per heavy atom. The van der Waals surface area contributed by atoms with E-state index >= 15 is 0 Å². The quantitative estimate of drug-likeness (QED) is 0.192. The van der Waals surface area contributed by atoms with Crippen LogP contribution < -0.4 is 21.7 Å². The molecule has 0 bridgehead atoms. The molecule has 2 rings (SSSR count). The molecule has 2 aromatic rings. The highest BCUT2D eigenvalue weighted by atomic mass is 16.4. The Bertz CT molecular complexity index is 1130. The summed E-state index contributed by atoms with van der Waals surface area (Å²) in [6.45, 7) is 3.62. The first kappa shape index (κ1) is 31.0. The number of carboxylic acid groups (broad SMARTS) is 2. The average Bonchev–Trinajstić information content (AvgIpc) is 2.91. The lowest BCUT2D eigenvalue weighted by Gasteiger charge is -2.28. The van der Waals surface area contributed by atoms with Gasteiger partial charge in [-0.3, -0.25) is 19.2 Å². The fraction of sp³-hybridized carbons (Fsp3) is 0.393. The van der Waals surface area contributed by atoms with Gasteiger partial charge in [0.15, 0.2) is 0 Å². The highest BCUT2D eigenvalue weighted by Crippen LogP contribution is 2.11. The standard InChI is InChI=1S/C28H36N4O7/c1-3-17(2)24(32-25(35)20(29)14-18-10-6-4-7-11-18)27(37)30-21(15-19-12-8-5-9-13-19)26(36)31-22(28(38)39)16-23(33)34/h4-13,17,20-22,24H,3,14-16,29H2,1-2H3,(H,30,37)(H,31,36)(H,32,35)(H,33,34)(H,38,39). The van der Waals surface area contributed by atoms with Crippen LogP contribution in [0.1, 0.15) is 37.8 Å². The molecule has 0 heterocycles. The smallest absolute Gasteiger partial charge is 0.326 e. The molecule has 5 atom stereocenters. The monoisotopic (exact) mass is 540 g/mol. The maximum Gasteiger partial charge on any atom is 0.326 e. The van der Waals surface area contributed by atoms with Crippen molar-refractivity contribution < 1.29 is 34.2 Å². The van der Waals surface area contributed by atoms with Gasteiger partial charge >= 0.3 is 11.9 Å². The molecule has 11 heteroatoms. The van der Waals surface area contributed by atoms with Gasteiger partial charge in [0.1, 0.15) is 18.1 Å². The highest BCUT2D eigenvalue weighted by molar-refractivity contribution is 5.95. The first-order chi connectivity index (χ1) is 18.5. The third kappa shape index (κ3) is 10.2. The van der Waals surface area contributed by atoms with E-state index in [1.54, 1.807) is 37.3 Å². The van der Waals surface area contributed by atoms with Crippen molar-refractivity contribution >= 4 is 29.7 Å². The maximum absolute atomic E-state index is 13.4. The minimum absolute atomic E-state index is 0.00647. The van der Waals surface area contributed by atoms with E-state index < -0.39 is 60.2 Å². The van der Waals surface area contributed by atoms with Gasteiger partial charge in [0.05, 0.1) is 12.5 Å². The van der Waals surface area contributed by atoms with E-state index in [4.69, 9.17) is 10.8 Å². The van der Waals surface area contributed by atoms with Crippen LogP contribution in [-0.2, 0) is 36.8 Å². The number of nitrogens with two attached hydrogens (primary N) is 1. The summed E-state index contributed by atoms with van der Waals surface area (Å²) < 4.78 is 0. The zero-order valence-corrected chi connectivity index (χ0v) is 22.0. The maximum atomic E-state index is 13.4. The molecule has 11 nitrogen and oxygen atoms in total. The van der Waals surface area contributed by atoms with Crippen LogP contribution in [0.15, 0.2) is 60.7 Å². The van der Waals surface area contributed by atoms with E-state index in [0.717, 1.165) is 5.56 Å². The van der Waals surface area contributed by atoms with Crippen LogP contribution in [-0.4, -0.2) is 64.0 Å². The summed E-state index contributed by atoms with van der Waals surface area (Å²) in [5.41, 5.74) is 7.64. The largest absolute Gasteiger partial charge is 0.481 e. The highest BCUT2D eigenvalue weighted by Gasteiger charge is 2.33. The van der Waals surface area contributed by atoms with Crippen molar-refractivity contribution in [1.29, 1.82) is 0 Å². The lowest BCUT2D eigenvalue weighted by molar-refractivity contribution is -0.147. The summed E-state index contributed by atoms with van der Waals surface area (Å²) >= 11 is 0. The van der Waals surface area contributed by atoms with Crippen LogP contribution in [0.5, 0.6) is 0 Å². The number of amides is 3. The SMILES string of the molecule is CCC(C)C(NC(=O)C(N)Cc1ccccc1)C(=O)NC(Cc1ccccc1)C(=O)NC(CC(=O)O)C(=O)O. The molecular weight excluding hydrogens is 504 g/mol. The lowest BCUT2D eigenvalue weighted by atomic mass is 9.96. The second-order valence-corrected chi connectivity index (χ2v) is 9.42. The number of nitrogens with one attached hydrogen (secondary N) is 3. The Balaban J connectivity index is 2.22. The summed E-state index contributed by atoms with van der Waals surface area (Å²) in [5.74, 6) is -5.29. The molecule has 3 amide bonds. The molecule has 2 aromatic carbocycles. The zero-order valence-electron chi connectivity index (χ0n) is 22.0. The second kappa shape index (κ2) is 15.2. The van der Waals surface area contributed by atoms with Crippen LogP contribution in [0, 0.1) is 5.92 Å². The number of aliphatic carboxylic acids is 2. The molecule has 7 N–H and O–H groups in total. The predicted molar refractivity (Wildman–Crippen MR) is 143 cm³/mol. The fourth-order valence-electron chi connectivity index (χ4n) is 3.89. The summed E-state index contributed by atoms with van der Waals surface area (Å²) in [6.07, 6.45) is -0.0350. The number of hydrogen-bond acceptors (Lipinski definition) is 6. The molecule has 39 heavy (non-hydrogen) atoms. The van der Waals surface area contributed by atoms with E-state index in [1.165, 1.54) is 0 Å². The molecular formula is C28H36N4O7. The zero-order chi connectivity index (χ0) is 28.9. The fourth-order valence-corrected chi connectivity index (χ4v) is 3.89. The van der Waals surface area contributed by atoms with Crippen molar-refractivity contribution in [2.75, 3.05) is 0 Å².